The molecule has 1 aliphatic heterocycles. The molecule has 0 unspecified atom stereocenters. The van der Waals surface area contributed by atoms with Crippen molar-refractivity contribution in [2.75, 3.05) is 19.1 Å². The molecule has 172 valence electrons. The van der Waals surface area contributed by atoms with Gasteiger partial charge in [-0.1, -0.05) is 42.2 Å². The van der Waals surface area contributed by atoms with Crippen LogP contribution in [-0.4, -0.2) is 30.4 Å². The lowest BCUT2D eigenvalue weighted by Gasteiger charge is -2.14. The van der Waals surface area contributed by atoms with E-state index in [4.69, 9.17) is 26.4 Å². The Bertz CT molecular complexity index is 1310. The summed E-state index contributed by atoms with van der Waals surface area (Å²) in [5.74, 6) is 0.665. The Labute approximate surface area is 220 Å². The molecule has 0 atom stereocenters. The van der Waals surface area contributed by atoms with Gasteiger partial charge in [0.05, 0.1) is 30.4 Å². The molecule has 6 nitrogen and oxygen atoms in total. The summed E-state index contributed by atoms with van der Waals surface area (Å²) in [6, 6.07) is 19.4. The van der Waals surface area contributed by atoms with Crippen LogP contribution in [-0.2, 0) is 4.79 Å². The summed E-state index contributed by atoms with van der Waals surface area (Å²) < 4.78 is 17.4. The van der Waals surface area contributed by atoms with Gasteiger partial charge in [0.2, 0.25) is 0 Å². The number of thioether (sulfide) groups is 1. The summed E-state index contributed by atoms with van der Waals surface area (Å²) >= 11 is 8.75. The summed E-state index contributed by atoms with van der Waals surface area (Å²) in [6.07, 6.45) is 1.73. The van der Waals surface area contributed by atoms with Crippen LogP contribution in [0.1, 0.15) is 15.9 Å². The van der Waals surface area contributed by atoms with Gasteiger partial charge < -0.3 is 14.2 Å². The number of anilines is 1. The number of amides is 1. The number of benzene rings is 3. The van der Waals surface area contributed by atoms with Crippen LogP contribution in [0.2, 0.25) is 0 Å². The Morgan fingerprint density at radius 3 is 2.41 bits per heavy atom. The first-order valence-corrected chi connectivity index (χ1v) is 12.3. The number of methoxy groups -OCH3 is 2. The Morgan fingerprint density at radius 2 is 1.74 bits per heavy atom. The molecule has 1 fully saturated rings. The van der Waals surface area contributed by atoms with Gasteiger partial charge in [0.15, 0.2) is 15.8 Å². The summed E-state index contributed by atoms with van der Waals surface area (Å²) in [6.45, 7) is 0. The minimum atomic E-state index is -0.476. The number of carbonyl (C=O) groups excluding carboxylic acids is 2. The van der Waals surface area contributed by atoms with E-state index >= 15 is 0 Å². The van der Waals surface area contributed by atoms with E-state index in [1.54, 1.807) is 67.8 Å². The average Bonchev–Trinajstić information content (AvgIpc) is 3.12. The zero-order valence-corrected chi connectivity index (χ0v) is 21.9. The number of hydrogen-bond donors (Lipinski definition) is 0. The van der Waals surface area contributed by atoms with Gasteiger partial charge in [-0.05, 0) is 82.8 Å². The predicted molar refractivity (Wildman–Crippen MR) is 146 cm³/mol. The SMILES string of the molecule is COc1ccc(N2C(=O)C(=Cc3ccc(OC(=O)c4ccccc4I)c(OC)c3)SC2=S)cc1. The van der Waals surface area contributed by atoms with E-state index in [1.165, 1.54) is 23.8 Å². The monoisotopic (exact) mass is 603 g/mol. The topological polar surface area (TPSA) is 65.1 Å². The molecule has 34 heavy (non-hydrogen) atoms. The van der Waals surface area contributed by atoms with E-state index in [9.17, 15) is 9.59 Å². The number of nitrogens with zero attached hydrogens (tertiary/aromatic N) is 1. The molecule has 0 saturated carbocycles. The maximum absolute atomic E-state index is 13.0. The number of rotatable bonds is 6. The maximum atomic E-state index is 13.0. The van der Waals surface area contributed by atoms with Crippen molar-refractivity contribution in [3.8, 4) is 17.2 Å². The van der Waals surface area contributed by atoms with Crippen molar-refractivity contribution in [1.82, 2.24) is 0 Å². The third kappa shape index (κ3) is 5.11. The zero-order valence-electron chi connectivity index (χ0n) is 18.1. The molecule has 1 saturated heterocycles. The molecule has 0 aromatic heterocycles. The third-order valence-electron chi connectivity index (χ3n) is 4.91. The highest BCUT2D eigenvalue weighted by molar-refractivity contribution is 14.1. The van der Waals surface area contributed by atoms with Gasteiger partial charge in [-0.3, -0.25) is 9.69 Å². The first-order valence-electron chi connectivity index (χ1n) is 9.98. The van der Waals surface area contributed by atoms with Crippen LogP contribution in [0.15, 0.2) is 71.6 Å². The molecule has 0 spiro atoms. The van der Waals surface area contributed by atoms with Gasteiger partial charge >= 0.3 is 5.97 Å². The highest BCUT2D eigenvalue weighted by Crippen LogP contribution is 2.37. The lowest BCUT2D eigenvalue weighted by molar-refractivity contribution is -0.113. The van der Waals surface area contributed by atoms with Crippen molar-refractivity contribution in [1.29, 1.82) is 0 Å². The average molecular weight is 603 g/mol. The second kappa shape index (κ2) is 10.6. The zero-order chi connectivity index (χ0) is 24.2. The molecule has 1 aliphatic rings. The van der Waals surface area contributed by atoms with Crippen LogP contribution in [0.3, 0.4) is 0 Å². The first kappa shape index (κ1) is 24.2. The Balaban J connectivity index is 1.56. The van der Waals surface area contributed by atoms with E-state index in [0.717, 1.165) is 3.57 Å². The third-order valence-corrected chi connectivity index (χ3v) is 7.15. The van der Waals surface area contributed by atoms with Gasteiger partial charge in [-0.25, -0.2) is 4.79 Å². The Morgan fingerprint density at radius 1 is 1.00 bits per heavy atom. The highest BCUT2D eigenvalue weighted by Gasteiger charge is 2.33. The van der Waals surface area contributed by atoms with E-state index < -0.39 is 5.97 Å². The van der Waals surface area contributed by atoms with E-state index in [0.29, 0.717) is 37.5 Å². The fourth-order valence-corrected chi connectivity index (χ4v) is 5.12. The first-order chi connectivity index (χ1) is 16.4. The molecular weight excluding hydrogens is 585 g/mol. The lowest BCUT2D eigenvalue weighted by Crippen LogP contribution is -2.27. The molecule has 4 rings (SSSR count). The standard InChI is InChI=1S/C25H18INO5S2/c1-30-17-10-8-16(9-11-17)27-23(28)22(34-25(27)33)14-15-7-12-20(21(13-15)31-2)32-24(29)18-5-3-4-6-19(18)26/h3-14H,1-2H3. The smallest absolute Gasteiger partial charge is 0.344 e. The quantitative estimate of drug-likeness (QED) is 0.114. The van der Waals surface area contributed by atoms with Crippen LogP contribution in [0.5, 0.6) is 17.2 Å². The van der Waals surface area contributed by atoms with E-state index in [2.05, 4.69) is 22.6 Å². The largest absolute Gasteiger partial charge is 0.497 e. The van der Waals surface area contributed by atoms with E-state index in [1.807, 2.05) is 12.1 Å². The fraction of sp³-hybridized carbons (Fsp3) is 0.0800. The summed E-state index contributed by atoms with van der Waals surface area (Å²) in [7, 11) is 3.08. The minimum Gasteiger partial charge on any atom is -0.497 e. The van der Waals surface area contributed by atoms with Crippen LogP contribution in [0.4, 0.5) is 5.69 Å². The normalized spacial score (nSPS) is 14.4. The number of hydrogen-bond acceptors (Lipinski definition) is 7. The van der Waals surface area contributed by atoms with Crippen molar-refractivity contribution < 1.29 is 23.8 Å². The van der Waals surface area contributed by atoms with Crippen molar-refractivity contribution in [3.05, 3.63) is 86.3 Å². The molecule has 3 aromatic carbocycles. The van der Waals surface area contributed by atoms with Crippen molar-refractivity contribution >= 4 is 74.5 Å². The van der Waals surface area contributed by atoms with Gasteiger partial charge in [0.1, 0.15) is 5.75 Å². The van der Waals surface area contributed by atoms with Crippen molar-refractivity contribution in [2.24, 2.45) is 0 Å². The molecule has 3 aromatic rings. The molecular formula is C25H18INO5S2. The number of ether oxygens (including phenoxy) is 3. The summed E-state index contributed by atoms with van der Waals surface area (Å²) in [5, 5.41) is 0. The Kier molecular flexibility index (Phi) is 7.54. The molecule has 0 radical (unpaired) electrons. The minimum absolute atomic E-state index is 0.215. The van der Waals surface area contributed by atoms with Crippen LogP contribution >= 0.6 is 46.6 Å². The molecule has 0 N–H and O–H groups in total. The van der Waals surface area contributed by atoms with Gasteiger partial charge in [-0.15, -0.1) is 0 Å². The summed E-state index contributed by atoms with van der Waals surface area (Å²) in [4.78, 5) is 27.6. The number of esters is 1. The molecule has 1 amide bonds. The lowest BCUT2D eigenvalue weighted by atomic mass is 10.1. The second-order valence-electron chi connectivity index (χ2n) is 6.99. The van der Waals surface area contributed by atoms with Gasteiger partial charge in [0, 0.05) is 3.57 Å². The van der Waals surface area contributed by atoms with Crippen molar-refractivity contribution in [2.45, 2.75) is 0 Å². The summed E-state index contributed by atoms with van der Waals surface area (Å²) in [5.41, 5.74) is 1.85. The van der Waals surface area contributed by atoms with Crippen molar-refractivity contribution in [3.63, 3.8) is 0 Å². The predicted octanol–water partition coefficient (Wildman–Crippen LogP) is 5.93. The van der Waals surface area contributed by atoms with Crippen LogP contribution in [0.25, 0.3) is 6.08 Å². The van der Waals surface area contributed by atoms with E-state index in [-0.39, 0.29) is 11.7 Å². The fourth-order valence-electron chi connectivity index (χ4n) is 3.21. The number of thiocarbonyl (C=S) groups is 1. The maximum Gasteiger partial charge on any atom is 0.344 e. The van der Waals surface area contributed by atoms with Crippen LogP contribution in [0, 0.1) is 3.57 Å². The second-order valence-corrected chi connectivity index (χ2v) is 9.83. The number of halogens is 1. The van der Waals surface area contributed by atoms with Crippen LogP contribution < -0.4 is 19.1 Å². The highest BCUT2D eigenvalue weighted by atomic mass is 127. The molecule has 9 heteroatoms. The molecule has 0 bridgehead atoms. The molecule has 0 aliphatic carbocycles. The van der Waals surface area contributed by atoms with Gasteiger partial charge in [-0.2, -0.15) is 0 Å². The molecule has 1 heterocycles. The number of carbonyl (C=O) groups is 2. The van der Waals surface area contributed by atoms with Gasteiger partial charge in [0.25, 0.3) is 5.91 Å². The Hall–Kier alpha value is -2.89.